The summed E-state index contributed by atoms with van der Waals surface area (Å²) in [5.41, 5.74) is 7.08. The van der Waals surface area contributed by atoms with E-state index < -0.39 is 34.6 Å². The maximum atomic E-state index is 14.1. The molecule has 3 aliphatic rings. The Balaban J connectivity index is 0.699. The predicted octanol–water partition coefficient (Wildman–Crippen LogP) is 10.1. The molecule has 3 fully saturated rings. The van der Waals surface area contributed by atoms with Gasteiger partial charge in [-0.25, -0.2) is 23.2 Å². The van der Waals surface area contributed by atoms with Crippen molar-refractivity contribution in [3.63, 3.8) is 0 Å². The maximum absolute atomic E-state index is 14.1. The fourth-order valence-electron chi connectivity index (χ4n) is 12.1. The Bertz CT molecular complexity index is 3730. The second-order valence-corrected chi connectivity index (χ2v) is 24.1. The monoisotopic (exact) mass is 1180 g/mol. The normalized spacial score (nSPS) is 18.9. The Hall–Kier alpha value is -7.89. The minimum absolute atomic E-state index is 0.104. The van der Waals surface area contributed by atoms with Crippen LogP contribution < -0.4 is 25.2 Å². The number of hydrogen-bond acceptors (Lipinski definition) is 15. The van der Waals surface area contributed by atoms with Crippen LogP contribution in [0.3, 0.4) is 0 Å². The number of anilines is 5. The predicted molar refractivity (Wildman–Crippen MR) is 326 cm³/mol. The molecular formula is C63H71F3N12O6S. The Morgan fingerprint density at radius 3 is 2.19 bits per heavy atom. The van der Waals surface area contributed by atoms with Gasteiger partial charge >= 0.3 is 12.1 Å². The van der Waals surface area contributed by atoms with Gasteiger partial charge in [0.2, 0.25) is 11.9 Å². The van der Waals surface area contributed by atoms with Gasteiger partial charge in [0.15, 0.2) is 0 Å². The molecule has 2 saturated heterocycles. The van der Waals surface area contributed by atoms with Crippen LogP contribution in [0.1, 0.15) is 61.6 Å². The molecule has 11 rings (SSSR count). The van der Waals surface area contributed by atoms with Crippen molar-refractivity contribution in [1.82, 2.24) is 34.3 Å². The summed E-state index contributed by atoms with van der Waals surface area (Å²) >= 11 is 0. The quantitative estimate of drug-likeness (QED) is 0.0400. The zero-order chi connectivity index (χ0) is 59.2. The summed E-state index contributed by atoms with van der Waals surface area (Å²) in [7, 11) is -0.235. The van der Waals surface area contributed by atoms with E-state index in [1.54, 1.807) is 48.8 Å². The van der Waals surface area contributed by atoms with Crippen molar-refractivity contribution < 1.29 is 41.3 Å². The molecule has 5 aromatic carbocycles. The third-order valence-corrected chi connectivity index (χ3v) is 18.0. The van der Waals surface area contributed by atoms with Crippen LogP contribution in [-0.2, 0) is 26.1 Å². The van der Waals surface area contributed by atoms with Gasteiger partial charge in [0.25, 0.3) is 10.0 Å². The second-order valence-electron chi connectivity index (χ2n) is 22.4. The number of benzene rings is 5. The summed E-state index contributed by atoms with van der Waals surface area (Å²) in [6.07, 6.45) is 3.29. The number of aliphatic hydroxyl groups is 1. The molecule has 3 aromatic heterocycles. The molecule has 0 spiro atoms. The lowest BCUT2D eigenvalue weighted by Crippen LogP contribution is -2.46. The Morgan fingerprint density at radius 2 is 1.44 bits per heavy atom. The van der Waals surface area contributed by atoms with E-state index in [4.69, 9.17) is 14.7 Å². The minimum atomic E-state index is -4.29. The lowest BCUT2D eigenvalue weighted by Gasteiger charge is -2.34. The van der Waals surface area contributed by atoms with Crippen LogP contribution >= 0.6 is 0 Å². The van der Waals surface area contributed by atoms with Gasteiger partial charge in [-0.15, -0.1) is 0 Å². The summed E-state index contributed by atoms with van der Waals surface area (Å²) in [4.78, 5) is 40.7. The van der Waals surface area contributed by atoms with E-state index in [0.29, 0.717) is 85.2 Å². The van der Waals surface area contributed by atoms with Gasteiger partial charge in [-0.05, 0) is 78.6 Å². The van der Waals surface area contributed by atoms with Gasteiger partial charge in [0, 0.05) is 142 Å². The summed E-state index contributed by atoms with van der Waals surface area (Å²) in [6.45, 7) is 6.55. The van der Waals surface area contributed by atoms with Crippen molar-refractivity contribution in [3.05, 3.63) is 145 Å². The van der Waals surface area contributed by atoms with Gasteiger partial charge in [-0.1, -0.05) is 91.0 Å². The summed E-state index contributed by atoms with van der Waals surface area (Å²) in [5, 5.41) is 29.3. The SMILES string of the molecule is CN(C)c1cccc2c(S(=O)(=O)Nc3cccc(-c4cnc(NCCOCCN5CCN(Cc6ccc(-c7cn([C@H]8CC[C@H](O)CC8)c8nc(NCCC(F)(F)F)ncc78)cc6)CC5)nc4N4CCC(c5ccccc5)C4C(=O)O)c3)cccc12. The third-order valence-electron chi connectivity index (χ3n) is 16.5. The zero-order valence-electron chi connectivity index (χ0n) is 47.6. The highest BCUT2D eigenvalue weighted by Gasteiger charge is 2.42. The number of alkyl halides is 3. The van der Waals surface area contributed by atoms with Crippen LogP contribution in [0.2, 0.25) is 0 Å². The first-order valence-electron chi connectivity index (χ1n) is 29.0. The number of aromatic nitrogens is 5. The van der Waals surface area contributed by atoms with E-state index in [2.05, 4.69) is 70.2 Å². The molecule has 0 bridgehead atoms. The first-order chi connectivity index (χ1) is 41.0. The number of piperazine rings is 1. The van der Waals surface area contributed by atoms with E-state index >= 15 is 0 Å². The molecule has 1 saturated carbocycles. The molecule has 5 N–H and O–H groups in total. The zero-order valence-corrected chi connectivity index (χ0v) is 48.4. The van der Waals surface area contributed by atoms with E-state index in [1.165, 1.54) is 5.56 Å². The highest BCUT2D eigenvalue weighted by molar-refractivity contribution is 7.93. The number of carboxylic acid groups (broad SMARTS) is 1. The third kappa shape index (κ3) is 13.8. The second kappa shape index (κ2) is 25.8. The Morgan fingerprint density at radius 1 is 0.729 bits per heavy atom. The number of ether oxygens (including phenoxy) is 1. The maximum Gasteiger partial charge on any atom is 0.390 e. The van der Waals surface area contributed by atoms with Crippen LogP contribution in [0.5, 0.6) is 0 Å². The fraction of sp³-hybridized carbons (Fsp3) is 0.381. The number of carbonyl (C=O) groups is 1. The topological polar surface area (TPSA) is 206 Å². The van der Waals surface area contributed by atoms with Crippen molar-refractivity contribution in [3.8, 4) is 22.3 Å². The molecule has 85 heavy (non-hydrogen) atoms. The van der Waals surface area contributed by atoms with Gasteiger partial charge < -0.3 is 40.0 Å². The number of nitrogens with one attached hydrogen (secondary N) is 3. The molecule has 0 radical (unpaired) electrons. The van der Waals surface area contributed by atoms with Crippen molar-refractivity contribution in [2.24, 2.45) is 0 Å². The number of halogens is 3. The molecule has 2 atom stereocenters. The van der Waals surface area contributed by atoms with Gasteiger partial charge in [0.1, 0.15) is 17.5 Å². The average Bonchev–Trinajstić information content (AvgIpc) is 2.45. The molecule has 1 aliphatic carbocycles. The van der Waals surface area contributed by atoms with Crippen LogP contribution in [0.4, 0.5) is 42.3 Å². The fourth-order valence-corrected chi connectivity index (χ4v) is 13.4. The van der Waals surface area contributed by atoms with E-state index in [9.17, 15) is 36.6 Å². The highest BCUT2D eigenvalue weighted by atomic mass is 32.2. The van der Waals surface area contributed by atoms with Crippen LogP contribution in [0.25, 0.3) is 44.1 Å². The lowest BCUT2D eigenvalue weighted by atomic mass is 9.91. The molecule has 0 amide bonds. The molecule has 22 heteroatoms. The van der Waals surface area contributed by atoms with Gasteiger partial charge in [0.05, 0.1) is 30.6 Å². The van der Waals surface area contributed by atoms with E-state index in [1.807, 2.05) is 78.5 Å². The molecule has 446 valence electrons. The molecular weight excluding hydrogens is 1110 g/mol. The standard InChI is InChI=1S/C63H71F3N12O6S/c1-74(2)55-15-7-14-51-50(55)13-8-16-56(51)85(82,83)73-46-12-6-11-45(37-46)52-38-69-62(71-58(52)77-29-25-49(57(77)60(80)81)43-9-4-3-5-10-43)68-28-35-84-36-34-75-30-32-76(33-31-75)40-42-17-19-44(20-18-42)54-41-78(47-21-23-48(79)24-22-47)59-53(54)39-70-61(72-59)67-27-26-63(64,65)66/h3-20,37-39,41,47-49,57,73,79H,21-36,40H2,1-2H3,(H,80,81)(H,67,70,72)(H,68,69,71)/t47-,48-,49?,57?. The molecule has 5 heterocycles. The number of hydrogen-bond donors (Lipinski definition) is 5. The Kier molecular flexibility index (Phi) is 17.8. The van der Waals surface area contributed by atoms with Crippen LogP contribution in [0.15, 0.2) is 139 Å². The lowest BCUT2D eigenvalue weighted by molar-refractivity contribution is -0.138. The number of nitrogens with zero attached hydrogens (tertiary/aromatic N) is 9. The number of aliphatic carboxylic acids is 1. The smallest absolute Gasteiger partial charge is 0.390 e. The van der Waals surface area contributed by atoms with Gasteiger partial charge in [-0.2, -0.15) is 23.1 Å². The summed E-state index contributed by atoms with van der Waals surface area (Å²) in [6, 6.07) is 35.1. The number of carboxylic acids is 1. The molecule has 8 aromatic rings. The average molecular weight is 1180 g/mol. The largest absolute Gasteiger partial charge is 0.480 e. The van der Waals surface area contributed by atoms with Crippen molar-refractivity contribution in [2.45, 2.75) is 80.2 Å². The van der Waals surface area contributed by atoms with E-state index in [0.717, 1.165) is 85.3 Å². The van der Waals surface area contributed by atoms with Crippen molar-refractivity contribution >= 4 is 66.9 Å². The first-order valence-corrected chi connectivity index (χ1v) is 30.5. The first kappa shape index (κ1) is 58.9. The molecule has 18 nitrogen and oxygen atoms in total. The number of sulfonamides is 1. The van der Waals surface area contributed by atoms with Gasteiger partial charge in [-0.3, -0.25) is 14.5 Å². The molecule has 2 unspecified atom stereocenters. The van der Waals surface area contributed by atoms with Crippen molar-refractivity contribution in [2.75, 3.05) is 105 Å². The number of aliphatic hydroxyl groups excluding tert-OH is 1. The van der Waals surface area contributed by atoms with Crippen LogP contribution in [-0.4, -0.2) is 157 Å². The van der Waals surface area contributed by atoms with Crippen molar-refractivity contribution in [1.29, 1.82) is 0 Å². The highest BCUT2D eigenvalue weighted by Crippen LogP contribution is 2.42. The number of fused-ring (bicyclic) bond motifs is 2. The summed E-state index contributed by atoms with van der Waals surface area (Å²) < 4.78 is 78.0. The molecule has 2 aliphatic heterocycles. The Labute approximate surface area is 492 Å². The van der Waals surface area contributed by atoms with Crippen LogP contribution in [0, 0.1) is 0 Å². The number of rotatable bonds is 22. The minimum Gasteiger partial charge on any atom is -0.480 e. The van der Waals surface area contributed by atoms with E-state index in [-0.39, 0.29) is 35.5 Å². The summed E-state index contributed by atoms with van der Waals surface area (Å²) in [5.74, 6) is -0.408.